The number of ether oxygens (including phenoxy) is 1. The predicted octanol–water partition coefficient (Wildman–Crippen LogP) is 2.62. The van der Waals surface area contributed by atoms with E-state index < -0.39 is 0 Å². The van der Waals surface area contributed by atoms with E-state index in [4.69, 9.17) is 4.74 Å². The lowest BCUT2D eigenvalue weighted by atomic mass is 10.4. The van der Waals surface area contributed by atoms with Crippen LogP contribution in [0.25, 0.3) is 0 Å². The van der Waals surface area contributed by atoms with Crippen LogP contribution in [0.15, 0.2) is 11.5 Å². The van der Waals surface area contributed by atoms with Gasteiger partial charge in [-0.1, -0.05) is 34.6 Å². The van der Waals surface area contributed by atoms with Crippen molar-refractivity contribution < 1.29 is 4.74 Å². The van der Waals surface area contributed by atoms with E-state index in [9.17, 15) is 0 Å². The molecule has 14 heavy (non-hydrogen) atoms. The van der Waals surface area contributed by atoms with E-state index in [1.54, 1.807) is 0 Å². The van der Waals surface area contributed by atoms with Gasteiger partial charge in [0.05, 0.1) is 13.2 Å². The van der Waals surface area contributed by atoms with E-state index in [0.717, 1.165) is 32.7 Å². The highest BCUT2D eigenvalue weighted by Gasteiger charge is 2.08. The van der Waals surface area contributed by atoms with Crippen LogP contribution in [-0.4, -0.2) is 43.5 Å². The van der Waals surface area contributed by atoms with Crippen LogP contribution in [0.2, 0.25) is 0 Å². The molecule has 1 rings (SSSR count). The van der Waals surface area contributed by atoms with E-state index in [0.29, 0.717) is 0 Å². The summed E-state index contributed by atoms with van der Waals surface area (Å²) in [7, 11) is 3.78. The van der Waals surface area contributed by atoms with Crippen molar-refractivity contribution >= 4 is 21.6 Å². The first-order valence-corrected chi connectivity index (χ1v) is 7.55. The highest BCUT2D eigenvalue weighted by Crippen LogP contribution is 2.22. The summed E-state index contributed by atoms with van der Waals surface area (Å²) in [4.78, 5) is 2.47. The molecule has 0 aromatic carbocycles. The lowest BCUT2D eigenvalue weighted by Crippen LogP contribution is -2.37. The molecule has 0 N–H and O–H groups in total. The van der Waals surface area contributed by atoms with Crippen LogP contribution >= 0.6 is 21.6 Å². The summed E-state index contributed by atoms with van der Waals surface area (Å²) in [5.74, 6) is 1.21. The molecule has 0 aliphatic carbocycles. The molecule has 1 fully saturated rings. The normalized spacial score (nSPS) is 19.2. The van der Waals surface area contributed by atoms with Crippen LogP contribution in [0.1, 0.15) is 13.3 Å². The molecule has 1 heterocycles. The largest absolute Gasteiger partial charge is 0.379 e. The van der Waals surface area contributed by atoms with E-state index >= 15 is 0 Å². The summed E-state index contributed by atoms with van der Waals surface area (Å²) in [6.45, 7) is 7.39. The SMILES string of the molecule is CC/C=C\SSCCN1CCOCC1. The zero-order valence-corrected chi connectivity index (χ0v) is 10.4. The molecular formula is C10H19NOS2. The molecule has 1 aliphatic rings. The van der Waals surface area contributed by atoms with E-state index in [2.05, 4.69) is 23.3 Å². The molecule has 0 unspecified atom stereocenters. The number of hydrogen-bond acceptors (Lipinski definition) is 4. The number of allylic oxidation sites excluding steroid dienone is 1. The zero-order valence-electron chi connectivity index (χ0n) is 8.78. The molecule has 1 saturated heterocycles. The van der Waals surface area contributed by atoms with Crippen molar-refractivity contribution in [3.63, 3.8) is 0 Å². The molecule has 0 bridgehead atoms. The third-order valence-electron chi connectivity index (χ3n) is 2.05. The predicted molar refractivity (Wildman–Crippen MR) is 66.7 cm³/mol. The second-order valence-electron chi connectivity index (χ2n) is 3.15. The number of rotatable bonds is 6. The molecule has 0 aromatic heterocycles. The van der Waals surface area contributed by atoms with Gasteiger partial charge < -0.3 is 4.74 Å². The Morgan fingerprint density at radius 1 is 1.36 bits per heavy atom. The lowest BCUT2D eigenvalue weighted by Gasteiger charge is -2.25. The maximum absolute atomic E-state index is 5.29. The van der Waals surface area contributed by atoms with Gasteiger partial charge >= 0.3 is 0 Å². The Hall–Kier alpha value is 0.360. The first kappa shape index (κ1) is 12.4. The van der Waals surface area contributed by atoms with Crippen LogP contribution in [0.4, 0.5) is 0 Å². The monoisotopic (exact) mass is 233 g/mol. The molecule has 2 nitrogen and oxygen atoms in total. The Morgan fingerprint density at radius 2 is 2.14 bits per heavy atom. The molecule has 0 spiro atoms. The van der Waals surface area contributed by atoms with Gasteiger partial charge in [0.2, 0.25) is 0 Å². The van der Waals surface area contributed by atoms with Crippen molar-refractivity contribution in [2.75, 3.05) is 38.6 Å². The number of morpholine rings is 1. The summed E-state index contributed by atoms with van der Waals surface area (Å²) in [6.07, 6.45) is 3.34. The van der Waals surface area contributed by atoms with Crippen LogP contribution in [0.3, 0.4) is 0 Å². The second-order valence-corrected chi connectivity index (χ2v) is 5.55. The molecule has 1 aliphatic heterocycles. The third kappa shape index (κ3) is 5.96. The Bertz CT molecular complexity index is 158. The fraction of sp³-hybridized carbons (Fsp3) is 0.800. The van der Waals surface area contributed by atoms with Crippen molar-refractivity contribution in [2.45, 2.75) is 13.3 Å². The smallest absolute Gasteiger partial charge is 0.0594 e. The van der Waals surface area contributed by atoms with Crippen molar-refractivity contribution in [2.24, 2.45) is 0 Å². The maximum atomic E-state index is 5.29. The summed E-state index contributed by atoms with van der Waals surface area (Å²) in [6, 6.07) is 0. The highest BCUT2D eigenvalue weighted by molar-refractivity contribution is 8.77. The lowest BCUT2D eigenvalue weighted by molar-refractivity contribution is 0.0410. The Balaban J connectivity index is 1.89. The summed E-state index contributed by atoms with van der Waals surface area (Å²) < 4.78 is 5.29. The van der Waals surface area contributed by atoms with Gasteiger partial charge in [-0.25, -0.2) is 0 Å². The van der Waals surface area contributed by atoms with Crippen molar-refractivity contribution in [1.82, 2.24) is 4.90 Å². The van der Waals surface area contributed by atoms with Gasteiger partial charge in [-0.05, 0) is 11.8 Å². The fourth-order valence-electron chi connectivity index (χ4n) is 1.21. The topological polar surface area (TPSA) is 12.5 Å². The standard InChI is InChI=1S/C10H19NOS2/c1-2-3-9-13-14-10-6-11-4-7-12-8-5-11/h3,9H,2,4-8,10H2,1H3/b9-3-. The van der Waals surface area contributed by atoms with E-state index in [-0.39, 0.29) is 0 Å². The van der Waals surface area contributed by atoms with Gasteiger partial charge in [0, 0.05) is 25.4 Å². The average molecular weight is 233 g/mol. The second kappa shape index (κ2) is 8.65. The summed E-state index contributed by atoms with van der Waals surface area (Å²) in [5, 5.41) is 2.18. The maximum Gasteiger partial charge on any atom is 0.0594 e. The van der Waals surface area contributed by atoms with Gasteiger partial charge in [-0.2, -0.15) is 0 Å². The highest BCUT2D eigenvalue weighted by atomic mass is 33.1. The van der Waals surface area contributed by atoms with E-state index in [1.807, 2.05) is 21.6 Å². The van der Waals surface area contributed by atoms with E-state index in [1.165, 1.54) is 12.3 Å². The molecule has 4 heteroatoms. The van der Waals surface area contributed by atoms with Gasteiger partial charge in [0.1, 0.15) is 0 Å². The van der Waals surface area contributed by atoms with Gasteiger partial charge in [0.25, 0.3) is 0 Å². The zero-order chi connectivity index (χ0) is 10.1. The van der Waals surface area contributed by atoms with Gasteiger partial charge in [-0.15, -0.1) is 0 Å². The molecule has 0 amide bonds. The molecule has 0 atom stereocenters. The summed E-state index contributed by atoms with van der Waals surface area (Å²) in [5.41, 5.74) is 0. The van der Waals surface area contributed by atoms with Crippen LogP contribution in [-0.2, 0) is 4.74 Å². The van der Waals surface area contributed by atoms with Crippen molar-refractivity contribution in [3.05, 3.63) is 11.5 Å². The van der Waals surface area contributed by atoms with Gasteiger partial charge in [0.15, 0.2) is 0 Å². The number of nitrogens with zero attached hydrogens (tertiary/aromatic N) is 1. The third-order valence-corrected chi connectivity index (χ3v) is 4.08. The average Bonchev–Trinajstić information content (AvgIpc) is 2.25. The Morgan fingerprint density at radius 3 is 2.86 bits per heavy atom. The fourth-order valence-corrected chi connectivity index (χ4v) is 2.98. The van der Waals surface area contributed by atoms with Crippen molar-refractivity contribution in [3.8, 4) is 0 Å². The molecule has 82 valence electrons. The quantitative estimate of drug-likeness (QED) is 0.516. The molecule has 0 saturated carbocycles. The first-order chi connectivity index (χ1) is 6.93. The van der Waals surface area contributed by atoms with Gasteiger partial charge in [-0.3, -0.25) is 4.90 Å². The van der Waals surface area contributed by atoms with Crippen molar-refractivity contribution in [1.29, 1.82) is 0 Å². The molecule has 0 radical (unpaired) electrons. The summed E-state index contributed by atoms with van der Waals surface area (Å²) >= 11 is 0. The minimum atomic E-state index is 0.910. The van der Waals surface area contributed by atoms with Crippen LogP contribution in [0, 0.1) is 0 Å². The van der Waals surface area contributed by atoms with Crippen LogP contribution < -0.4 is 0 Å². The first-order valence-electron chi connectivity index (χ1n) is 5.17. The minimum Gasteiger partial charge on any atom is -0.379 e. The minimum absolute atomic E-state index is 0.910. The Labute approximate surface area is 94.8 Å². The Kier molecular flexibility index (Phi) is 7.68. The molecule has 0 aromatic rings. The van der Waals surface area contributed by atoms with Crippen LogP contribution in [0.5, 0.6) is 0 Å². The number of hydrogen-bond donors (Lipinski definition) is 0. The molecular weight excluding hydrogens is 214 g/mol.